The van der Waals surface area contributed by atoms with Crippen LogP contribution in [0.2, 0.25) is 0 Å². The van der Waals surface area contributed by atoms with Crippen molar-refractivity contribution in [3.05, 3.63) is 0 Å². The molecule has 0 radical (unpaired) electrons. The highest BCUT2D eigenvalue weighted by atomic mass is 16.5. The first-order valence-corrected chi connectivity index (χ1v) is 7.38. The van der Waals surface area contributed by atoms with Crippen molar-refractivity contribution in [3.63, 3.8) is 0 Å². The molecular formula is C14H26N2O2. The zero-order valence-electron chi connectivity index (χ0n) is 11.2. The van der Waals surface area contributed by atoms with Gasteiger partial charge in [-0.1, -0.05) is 19.3 Å². The van der Waals surface area contributed by atoms with E-state index < -0.39 is 0 Å². The Labute approximate surface area is 110 Å². The van der Waals surface area contributed by atoms with E-state index in [1.54, 1.807) is 0 Å². The number of hydrogen-bond donors (Lipinski definition) is 2. The van der Waals surface area contributed by atoms with Crippen LogP contribution >= 0.6 is 0 Å². The summed E-state index contributed by atoms with van der Waals surface area (Å²) in [5, 5.41) is 2.96. The number of carbonyl (C=O) groups is 1. The number of nitrogens with one attached hydrogen (secondary N) is 1. The van der Waals surface area contributed by atoms with Gasteiger partial charge in [-0.05, 0) is 31.6 Å². The molecule has 2 aliphatic carbocycles. The van der Waals surface area contributed by atoms with Crippen molar-refractivity contribution in [3.8, 4) is 0 Å². The summed E-state index contributed by atoms with van der Waals surface area (Å²) >= 11 is 0. The number of amides is 1. The monoisotopic (exact) mass is 254 g/mol. The molecule has 2 atom stereocenters. The second kappa shape index (κ2) is 7.10. The maximum Gasteiger partial charge on any atom is 0.224 e. The largest absolute Gasteiger partial charge is 0.379 e. The third-order valence-corrected chi connectivity index (χ3v) is 4.00. The minimum atomic E-state index is 0.0101. The first-order chi connectivity index (χ1) is 8.77. The lowest BCUT2D eigenvalue weighted by Crippen LogP contribution is -2.42. The molecule has 2 rings (SSSR count). The molecule has 0 spiro atoms. The lowest BCUT2D eigenvalue weighted by molar-refractivity contribution is -0.126. The van der Waals surface area contributed by atoms with E-state index in [0.717, 1.165) is 38.2 Å². The van der Waals surface area contributed by atoms with Crippen molar-refractivity contribution in [2.75, 3.05) is 19.8 Å². The molecule has 2 unspecified atom stereocenters. The molecule has 0 heterocycles. The fourth-order valence-electron chi connectivity index (χ4n) is 2.57. The molecule has 2 saturated carbocycles. The summed E-state index contributed by atoms with van der Waals surface area (Å²) in [7, 11) is 0. The fraction of sp³-hybridized carbons (Fsp3) is 0.929. The molecule has 0 aromatic carbocycles. The Hall–Kier alpha value is -0.610. The topological polar surface area (TPSA) is 64.4 Å². The van der Waals surface area contributed by atoms with Crippen LogP contribution in [0.25, 0.3) is 0 Å². The van der Waals surface area contributed by atoms with E-state index in [4.69, 9.17) is 10.5 Å². The minimum absolute atomic E-state index is 0.0101. The van der Waals surface area contributed by atoms with Crippen LogP contribution < -0.4 is 11.1 Å². The number of carbonyl (C=O) groups excluding carboxylic acids is 1. The van der Waals surface area contributed by atoms with Gasteiger partial charge in [0.1, 0.15) is 0 Å². The van der Waals surface area contributed by atoms with Crippen LogP contribution in [-0.4, -0.2) is 31.7 Å². The number of hydrogen-bond acceptors (Lipinski definition) is 3. The third-order valence-electron chi connectivity index (χ3n) is 4.00. The smallest absolute Gasteiger partial charge is 0.224 e. The summed E-state index contributed by atoms with van der Waals surface area (Å²) in [6.07, 6.45) is 8.04. The van der Waals surface area contributed by atoms with Gasteiger partial charge >= 0.3 is 0 Å². The molecule has 0 aromatic heterocycles. The van der Waals surface area contributed by atoms with Crippen LogP contribution in [0.15, 0.2) is 0 Å². The summed E-state index contributed by atoms with van der Waals surface area (Å²) < 4.78 is 5.50. The van der Waals surface area contributed by atoms with Gasteiger partial charge in [0.05, 0.1) is 12.5 Å². The Morgan fingerprint density at radius 1 is 1.17 bits per heavy atom. The van der Waals surface area contributed by atoms with Gasteiger partial charge < -0.3 is 15.8 Å². The van der Waals surface area contributed by atoms with E-state index in [1.165, 1.54) is 19.3 Å². The fourth-order valence-corrected chi connectivity index (χ4v) is 2.57. The molecule has 104 valence electrons. The van der Waals surface area contributed by atoms with Gasteiger partial charge in [0.15, 0.2) is 0 Å². The number of ether oxygens (including phenoxy) is 1. The Kier molecular flexibility index (Phi) is 5.45. The molecule has 4 nitrogen and oxygen atoms in total. The standard InChI is InChI=1S/C14H26N2O2/c15-13-5-3-1-2-4-12(13)14(17)16-8-9-18-10-11-6-7-11/h11-13H,1-10,15H2,(H,16,17). The first kappa shape index (κ1) is 13.8. The van der Waals surface area contributed by atoms with E-state index in [2.05, 4.69) is 5.32 Å². The van der Waals surface area contributed by atoms with Gasteiger partial charge in [-0.15, -0.1) is 0 Å². The van der Waals surface area contributed by atoms with E-state index in [-0.39, 0.29) is 17.9 Å². The van der Waals surface area contributed by atoms with E-state index in [9.17, 15) is 4.79 Å². The first-order valence-electron chi connectivity index (χ1n) is 7.38. The molecule has 1 amide bonds. The van der Waals surface area contributed by atoms with Crippen LogP contribution in [0.3, 0.4) is 0 Å². The second-order valence-electron chi connectivity index (χ2n) is 5.72. The van der Waals surface area contributed by atoms with Gasteiger partial charge in [0.25, 0.3) is 0 Å². The van der Waals surface area contributed by atoms with Crippen LogP contribution in [0.4, 0.5) is 0 Å². The summed E-state index contributed by atoms with van der Waals surface area (Å²) in [5.41, 5.74) is 6.07. The average Bonchev–Trinajstić information content (AvgIpc) is 3.16. The van der Waals surface area contributed by atoms with Gasteiger partial charge in [-0.25, -0.2) is 0 Å². The second-order valence-corrected chi connectivity index (χ2v) is 5.72. The van der Waals surface area contributed by atoms with Crippen LogP contribution in [0.1, 0.15) is 44.9 Å². The van der Waals surface area contributed by atoms with Crippen molar-refractivity contribution in [1.82, 2.24) is 5.32 Å². The highest BCUT2D eigenvalue weighted by Gasteiger charge is 2.26. The highest BCUT2D eigenvalue weighted by molar-refractivity contribution is 5.79. The lowest BCUT2D eigenvalue weighted by Gasteiger charge is -2.20. The molecule has 0 bridgehead atoms. The van der Waals surface area contributed by atoms with Crippen molar-refractivity contribution in [1.29, 1.82) is 0 Å². The summed E-state index contributed by atoms with van der Waals surface area (Å²) in [5.74, 6) is 0.923. The number of nitrogens with two attached hydrogens (primary N) is 1. The Morgan fingerprint density at radius 2 is 1.94 bits per heavy atom. The van der Waals surface area contributed by atoms with Crippen LogP contribution in [-0.2, 0) is 9.53 Å². The maximum absolute atomic E-state index is 12.0. The molecule has 4 heteroatoms. The Balaban J connectivity index is 1.59. The summed E-state index contributed by atoms with van der Waals surface area (Å²) in [4.78, 5) is 12.0. The Bertz CT molecular complexity index is 267. The van der Waals surface area contributed by atoms with Crippen molar-refractivity contribution < 1.29 is 9.53 Å². The van der Waals surface area contributed by atoms with Gasteiger partial charge in [-0.3, -0.25) is 4.79 Å². The minimum Gasteiger partial charge on any atom is -0.379 e. The van der Waals surface area contributed by atoms with E-state index >= 15 is 0 Å². The zero-order valence-corrected chi connectivity index (χ0v) is 11.2. The SMILES string of the molecule is NC1CCCCCC1C(=O)NCCOCC1CC1. The normalized spacial score (nSPS) is 28.7. The van der Waals surface area contributed by atoms with Gasteiger partial charge in [-0.2, -0.15) is 0 Å². The average molecular weight is 254 g/mol. The van der Waals surface area contributed by atoms with Crippen molar-refractivity contribution in [2.45, 2.75) is 51.0 Å². The van der Waals surface area contributed by atoms with Gasteiger partial charge in [0.2, 0.25) is 5.91 Å². The van der Waals surface area contributed by atoms with Crippen molar-refractivity contribution >= 4 is 5.91 Å². The van der Waals surface area contributed by atoms with E-state index in [1.807, 2.05) is 0 Å². The van der Waals surface area contributed by atoms with E-state index in [0.29, 0.717) is 13.2 Å². The summed E-state index contributed by atoms with van der Waals surface area (Å²) in [6.45, 7) is 2.11. The molecule has 3 N–H and O–H groups in total. The quantitative estimate of drug-likeness (QED) is 0.557. The molecule has 18 heavy (non-hydrogen) atoms. The zero-order chi connectivity index (χ0) is 12.8. The predicted octanol–water partition coefficient (Wildman–Crippen LogP) is 1.44. The molecular weight excluding hydrogens is 228 g/mol. The van der Waals surface area contributed by atoms with Crippen LogP contribution in [0.5, 0.6) is 0 Å². The maximum atomic E-state index is 12.0. The van der Waals surface area contributed by atoms with Gasteiger partial charge in [0, 0.05) is 19.2 Å². The highest BCUT2D eigenvalue weighted by Crippen LogP contribution is 2.28. The molecule has 0 saturated heterocycles. The lowest BCUT2D eigenvalue weighted by atomic mass is 9.95. The molecule has 2 aliphatic rings. The van der Waals surface area contributed by atoms with Crippen LogP contribution in [0, 0.1) is 11.8 Å². The summed E-state index contributed by atoms with van der Waals surface area (Å²) in [6, 6.07) is 0.0416. The predicted molar refractivity (Wildman–Crippen MR) is 71.1 cm³/mol. The van der Waals surface area contributed by atoms with Crippen molar-refractivity contribution in [2.24, 2.45) is 17.6 Å². The Morgan fingerprint density at radius 3 is 2.72 bits per heavy atom. The third kappa shape index (κ3) is 4.58. The molecule has 2 fully saturated rings. The molecule has 0 aromatic rings. The number of rotatable bonds is 6. The molecule has 0 aliphatic heterocycles.